The van der Waals surface area contributed by atoms with Gasteiger partial charge in [-0.2, -0.15) is 0 Å². The smallest absolute Gasteiger partial charge is 0.267 e. The van der Waals surface area contributed by atoms with Crippen LogP contribution in [0.1, 0.15) is 31.0 Å². The van der Waals surface area contributed by atoms with E-state index in [2.05, 4.69) is 10.2 Å². The maximum atomic E-state index is 11.0. The predicted molar refractivity (Wildman–Crippen MR) is 40.2 cm³/mol. The molecule has 0 radical (unpaired) electrons. The van der Waals surface area contributed by atoms with Gasteiger partial charge in [0.2, 0.25) is 0 Å². The van der Waals surface area contributed by atoms with Gasteiger partial charge in [-0.05, 0) is 12.8 Å². The first-order valence-electron chi connectivity index (χ1n) is 3.40. The summed E-state index contributed by atoms with van der Waals surface area (Å²) in [5, 5.41) is 5.32. The third-order valence-electron chi connectivity index (χ3n) is 1.59. The maximum absolute atomic E-state index is 11.0. The molecule has 56 valence electrons. The number of aromatic nitrogens is 2. The maximum Gasteiger partial charge on any atom is 0.267 e. The molecule has 0 aliphatic rings. The van der Waals surface area contributed by atoms with Crippen molar-refractivity contribution in [2.45, 2.75) is 26.7 Å². The van der Waals surface area contributed by atoms with Crippen molar-refractivity contribution in [2.24, 2.45) is 0 Å². The Kier molecular flexibility index (Phi) is 1.66. The molecule has 0 amide bonds. The molecule has 1 heterocycles. The Morgan fingerprint density at radius 3 is 2.10 bits per heavy atom. The summed E-state index contributed by atoms with van der Waals surface area (Å²) in [4.78, 5) is 11.0. The van der Waals surface area contributed by atoms with Gasteiger partial charge in [-0.25, -0.2) is 0 Å². The van der Waals surface area contributed by atoms with Crippen LogP contribution in [0.25, 0.3) is 0 Å². The molecule has 0 aliphatic carbocycles. The number of rotatable bonds is 1. The largest absolute Gasteiger partial charge is 0.302 e. The zero-order valence-corrected chi connectivity index (χ0v) is 6.49. The van der Waals surface area contributed by atoms with Gasteiger partial charge in [-0.15, -0.1) is 0 Å². The van der Waals surface area contributed by atoms with E-state index < -0.39 is 0 Å². The standard InChI is InChI=1S/C7H12N2O/c1-4(2)6-5(3)8-9-7(6)10/h4H,1-3H3,(H2,8,9,10). The van der Waals surface area contributed by atoms with E-state index in [1.807, 2.05) is 20.8 Å². The minimum Gasteiger partial charge on any atom is -0.302 e. The second-order valence-corrected chi connectivity index (χ2v) is 2.77. The van der Waals surface area contributed by atoms with E-state index in [-0.39, 0.29) is 5.56 Å². The summed E-state index contributed by atoms with van der Waals surface area (Å²) in [7, 11) is 0. The van der Waals surface area contributed by atoms with Crippen molar-refractivity contribution in [3.05, 3.63) is 21.6 Å². The highest BCUT2D eigenvalue weighted by Crippen LogP contribution is 2.10. The van der Waals surface area contributed by atoms with E-state index in [0.29, 0.717) is 5.92 Å². The quantitative estimate of drug-likeness (QED) is 0.603. The van der Waals surface area contributed by atoms with Gasteiger partial charge in [0.05, 0.1) is 0 Å². The van der Waals surface area contributed by atoms with Crippen LogP contribution in [-0.4, -0.2) is 10.2 Å². The summed E-state index contributed by atoms with van der Waals surface area (Å²) in [6, 6.07) is 0. The Morgan fingerprint density at radius 2 is 1.90 bits per heavy atom. The third-order valence-corrected chi connectivity index (χ3v) is 1.59. The third kappa shape index (κ3) is 0.988. The second-order valence-electron chi connectivity index (χ2n) is 2.77. The Morgan fingerprint density at radius 1 is 1.30 bits per heavy atom. The van der Waals surface area contributed by atoms with Crippen LogP contribution in [0, 0.1) is 6.92 Å². The first-order chi connectivity index (χ1) is 4.63. The number of nitrogens with one attached hydrogen (secondary N) is 2. The lowest BCUT2D eigenvalue weighted by Gasteiger charge is -1.98. The van der Waals surface area contributed by atoms with Gasteiger partial charge in [0.15, 0.2) is 0 Å². The van der Waals surface area contributed by atoms with Crippen LogP contribution >= 0.6 is 0 Å². The Bertz CT molecular complexity index is 269. The van der Waals surface area contributed by atoms with E-state index in [9.17, 15) is 4.79 Å². The fraction of sp³-hybridized carbons (Fsp3) is 0.571. The summed E-state index contributed by atoms with van der Waals surface area (Å²) in [5.41, 5.74) is 1.81. The van der Waals surface area contributed by atoms with Crippen molar-refractivity contribution < 1.29 is 0 Å². The molecule has 0 unspecified atom stereocenters. The lowest BCUT2D eigenvalue weighted by Crippen LogP contribution is -2.07. The number of hydrogen-bond acceptors (Lipinski definition) is 1. The molecule has 0 saturated heterocycles. The van der Waals surface area contributed by atoms with E-state index in [1.165, 1.54) is 0 Å². The van der Waals surface area contributed by atoms with E-state index in [0.717, 1.165) is 11.3 Å². The molecular formula is C7H12N2O. The molecule has 0 spiro atoms. The summed E-state index contributed by atoms with van der Waals surface area (Å²) < 4.78 is 0. The molecule has 1 rings (SSSR count). The molecule has 3 heteroatoms. The van der Waals surface area contributed by atoms with Crippen LogP contribution in [0.15, 0.2) is 4.79 Å². The molecule has 0 bridgehead atoms. The van der Waals surface area contributed by atoms with Crippen LogP contribution in [0.2, 0.25) is 0 Å². The normalized spacial score (nSPS) is 10.8. The van der Waals surface area contributed by atoms with Gasteiger partial charge in [-0.3, -0.25) is 9.89 Å². The van der Waals surface area contributed by atoms with Gasteiger partial charge in [0, 0.05) is 11.3 Å². The SMILES string of the molecule is Cc1[nH][nH]c(=O)c1C(C)C. The monoisotopic (exact) mass is 140 g/mol. The number of aryl methyl sites for hydroxylation is 1. The topological polar surface area (TPSA) is 48.6 Å². The summed E-state index contributed by atoms with van der Waals surface area (Å²) >= 11 is 0. The summed E-state index contributed by atoms with van der Waals surface area (Å²) in [5.74, 6) is 0.301. The zero-order valence-electron chi connectivity index (χ0n) is 6.49. The van der Waals surface area contributed by atoms with Gasteiger partial charge < -0.3 is 5.10 Å². The fourth-order valence-corrected chi connectivity index (χ4v) is 1.15. The molecule has 2 N–H and O–H groups in total. The molecule has 0 aromatic carbocycles. The van der Waals surface area contributed by atoms with E-state index in [4.69, 9.17) is 0 Å². The Labute approximate surface area is 59.4 Å². The lowest BCUT2D eigenvalue weighted by atomic mass is 10.1. The minimum absolute atomic E-state index is 0.00694. The molecular weight excluding hydrogens is 128 g/mol. The molecule has 10 heavy (non-hydrogen) atoms. The van der Waals surface area contributed by atoms with Crippen molar-refractivity contribution in [1.29, 1.82) is 0 Å². The van der Waals surface area contributed by atoms with Crippen molar-refractivity contribution >= 4 is 0 Å². The van der Waals surface area contributed by atoms with Gasteiger partial charge in [0.25, 0.3) is 5.56 Å². The van der Waals surface area contributed by atoms with Gasteiger partial charge in [0.1, 0.15) is 0 Å². The molecule has 0 aliphatic heterocycles. The molecule has 0 fully saturated rings. The second kappa shape index (κ2) is 2.33. The van der Waals surface area contributed by atoms with E-state index >= 15 is 0 Å². The average Bonchev–Trinajstić information content (AvgIpc) is 2.11. The molecule has 3 nitrogen and oxygen atoms in total. The average molecular weight is 140 g/mol. The van der Waals surface area contributed by atoms with Crippen LogP contribution in [0.4, 0.5) is 0 Å². The first-order valence-corrected chi connectivity index (χ1v) is 3.40. The number of aromatic amines is 2. The van der Waals surface area contributed by atoms with Gasteiger partial charge in [-0.1, -0.05) is 13.8 Å². The first kappa shape index (κ1) is 7.12. The van der Waals surface area contributed by atoms with Gasteiger partial charge >= 0.3 is 0 Å². The predicted octanol–water partition coefficient (Wildman–Crippen LogP) is 1.13. The number of hydrogen-bond donors (Lipinski definition) is 2. The van der Waals surface area contributed by atoms with Crippen LogP contribution < -0.4 is 5.56 Å². The Hall–Kier alpha value is -0.990. The van der Waals surface area contributed by atoms with Crippen molar-refractivity contribution in [3.8, 4) is 0 Å². The van der Waals surface area contributed by atoms with E-state index in [1.54, 1.807) is 0 Å². The van der Waals surface area contributed by atoms with Crippen LogP contribution in [0.5, 0.6) is 0 Å². The lowest BCUT2D eigenvalue weighted by molar-refractivity contribution is 0.849. The highest BCUT2D eigenvalue weighted by molar-refractivity contribution is 5.18. The van der Waals surface area contributed by atoms with Crippen molar-refractivity contribution in [2.75, 3.05) is 0 Å². The highest BCUT2D eigenvalue weighted by Gasteiger charge is 2.08. The zero-order chi connectivity index (χ0) is 7.72. The summed E-state index contributed by atoms with van der Waals surface area (Å²) in [6.07, 6.45) is 0. The Balaban J connectivity index is 3.23. The molecule has 0 atom stereocenters. The molecule has 1 aromatic heterocycles. The van der Waals surface area contributed by atoms with Crippen molar-refractivity contribution in [3.63, 3.8) is 0 Å². The van der Waals surface area contributed by atoms with Crippen LogP contribution in [-0.2, 0) is 0 Å². The molecule has 0 saturated carbocycles. The minimum atomic E-state index is 0.00694. The summed E-state index contributed by atoms with van der Waals surface area (Å²) in [6.45, 7) is 5.91. The van der Waals surface area contributed by atoms with Crippen LogP contribution in [0.3, 0.4) is 0 Å². The van der Waals surface area contributed by atoms with Crippen molar-refractivity contribution in [1.82, 2.24) is 10.2 Å². The molecule has 1 aromatic rings. The fourth-order valence-electron chi connectivity index (χ4n) is 1.15. The highest BCUT2D eigenvalue weighted by atomic mass is 16.1. The number of H-pyrrole nitrogens is 2.